The zero-order valence-electron chi connectivity index (χ0n) is 19.0. The van der Waals surface area contributed by atoms with Gasteiger partial charge in [0.25, 0.3) is 0 Å². The molecule has 0 saturated carbocycles. The zero-order chi connectivity index (χ0) is 23.6. The summed E-state index contributed by atoms with van der Waals surface area (Å²) in [5.41, 5.74) is 0.977. The summed E-state index contributed by atoms with van der Waals surface area (Å²) < 4.78 is 15.3. The molecule has 0 amide bonds. The van der Waals surface area contributed by atoms with E-state index >= 15 is 4.39 Å². The van der Waals surface area contributed by atoms with Gasteiger partial charge in [-0.25, -0.2) is 14.4 Å². The van der Waals surface area contributed by atoms with Crippen LogP contribution in [0.25, 0.3) is 10.9 Å². The van der Waals surface area contributed by atoms with Gasteiger partial charge in [-0.2, -0.15) is 0 Å². The van der Waals surface area contributed by atoms with Crippen LogP contribution in [0.5, 0.6) is 0 Å². The van der Waals surface area contributed by atoms with Crippen LogP contribution in [-0.4, -0.2) is 35.6 Å². The highest BCUT2D eigenvalue weighted by Gasteiger charge is 2.24. The van der Waals surface area contributed by atoms with Crippen LogP contribution in [0.15, 0.2) is 36.7 Å². The van der Waals surface area contributed by atoms with E-state index in [1.807, 2.05) is 51.9 Å². The van der Waals surface area contributed by atoms with Crippen molar-refractivity contribution in [3.05, 3.63) is 64.2 Å². The monoisotopic (exact) mass is 455 g/mol. The Morgan fingerprint density at radius 1 is 1.06 bits per heavy atom. The lowest BCUT2D eigenvalue weighted by molar-refractivity contribution is -0.126. The number of carbonyl (C=O) groups is 2. The number of hydrogen-bond donors (Lipinski definition) is 0. The molecule has 0 atom stereocenters. The average Bonchev–Trinajstić information content (AvgIpc) is 2.72. The predicted molar refractivity (Wildman–Crippen MR) is 126 cm³/mol. The third-order valence-corrected chi connectivity index (χ3v) is 5.72. The Bertz CT molecular complexity index is 1190. The number of aromatic nitrogens is 2. The van der Waals surface area contributed by atoms with Crippen molar-refractivity contribution in [3.63, 3.8) is 0 Å². The van der Waals surface area contributed by atoms with Crippen molar-refractivity contribution in [1.82, 2.24) is 9.97 Å². The molecular formula is C25H27ClFN3O2. The lowest BCUT2D eigenvalue weighted by atomic mass is 9.87. The van der Waals surface area contributed by atoms with E-state index in [4.69, 9.17) is 11.6 Å². The molecule has 0 N–H and O–H groups in total. The second-order valence-electron chi connectivity index (χ2n) is 9.07. The molecule has 5 nitrogen and oxygen atoms in total. The minimum atomic E-state index is -0.659. The molecule has 168 valence electrons. The molecule has 3 rings (SSSR count). The first-order chi connectivity index (χ1) is 15.0. The van der Waals surface area contributed by atoms with Gasteiger partial charge in [0.05, 0.1) is 16.1 Å². The third kappa shape index (κ3) is 4.96. The summed E-state index contributed by atoms with van der Waals surface area (Å²) in [4.78, 5) is 35.9. The first kappa shape index (κ1) is 23.8. The normalized spacial score (nSPS) is 11.6. The van der Waals surface area contributed by atoms with E-state index in [1.54, 1.807) is 12.1 Å². The Morgan fingerprint density at radius 3 is 2.44 bits per heavy atom. The van der Waals surface area contributed by atoms with Gasteiger partial charge in [0.1, 0.15) is 23.7 Å². The Hall–Kier alpha value is -2.86. The number of benzene rings is 2. The fourth-order valence-electron chi connectivity index (χ4n) is 3.56. The molecule has 1 aromatic heterocycles. The van der Waals surface area contributed by atoms with Crippen molar-refractivity contribution in [1.29, 1.82) is 0 Å². The highest BCUT2D eigenvalue weighted by atomic mass is 35.5. The Labute approximate surface area is 192 Å². The van der Waals surface area contributed by atoms with Crippen molar-refractivity contribution in [2.75, 3.05) is 19.0 Å². The standard InChI is InChI=1S/C25H27ClFN3O2/c1-25(2,3)20(32)12-10-15-9-11-18(26)21(22(15)27)19(31)13-16-7-6-8-17-23(16)28-14-29-24(17)30(4)5/h6-9,11,14H,10,12-13H2,1-5H3. The van der Waals surface area contributed by atoms with Crippen LogP contribution < -0.4 is 4.90 Å². The number of hydrogen-bond acceptors (Lipinski definition) is 5. The molecule has 0 unspecified atom stereocenters. The second-order valence-corrected chi connectivity index (χ2v) is 9.48. The molecule has 2 aromatic carbocycles. The van der Waals surface area contributed by atoms with E-state index in [2.05, 4.69) is 9.97 Å². The van der Waals surface area contributed by atoms with Gasteiger partial charge in [-0.15, -0.1) is 0 Å². The maximum Gasteiger partial charge on any atom is 0.171 e. The Kier molecular flexibility index (Phi) is 6.94. The maximum absolute atomic E-state index is 15.3. The molecule has 0 saturated heterocycles. The number of fused-ring (bicyclic) bond motifs is 1. The van der Waals surface area contributed by atoms with E-state index < -0.39 is 17.0 Å². The largest absolute Gasteiger partial charge is 0.362 e. The predicted octanol–water partition coefficient (Wildman–Crippen LogP) is 5.46. The first-order valence-electron chi connectivity index (χ1n) is 10.4. The molecule has 32 heavy (non-hydrogen) atoms. The van der Waals surface area contributed by atoms with Crippen molar-refractivity contribution in [3.8, 4) is 0 Å². The summed E-state index contributed by atoms with van der Waals surface area (Å²) in [5, 5.41) is 0.867. The summed E-state index contributed by atoms with van der Waals surface area (Å²) in [6, 6.07) is 8.57. The molecular weight excluding hydrogens is 429 g/mol. The number of halogens is 2. The van der Waals surface area contributed by atoms with Gasteiger partial charge in [0, 0.05) is 37.7 Å². The van der Waals surface area contributed by atoms with Gasteiger partial charge in [-0.3, -0.25) is 9.59 Å². The number of para-hydroxylation sites is 1. The van der Waals surface area contributed by atoms with Crippen molar-refractivity contribution < 1.29 is 14.0 Å². The summed E-state index contributed by atoms with van der Waals surface area (Å²) in [5.74, 6) is -0.326. The van der Waals surface area contributed by atoms with E-state index in [1.165, 1.54) is 12.4 Å². The molecule has 3 aromatic rings. The van der Waals surface area contributed by atoms with E-state index in [0.717, 1.165) is 11.2 Å². The summed E-state index contributed by atoms with van der Waals surface area (Å²) in [7, 11) is 3.76. The van der Waals surface area contributed by atoms with Crippen LogP contribution in [0.3, 0.4) is 0 Å². The van der Waals surface area contributed by atoms with Crippen molar-refractivity contribution in [2.45, 2.75) is 40.0 Å². The average molecular weight is 456 g/mol. The smallest absolute Gasteiger partial charge is 0.171 e. The fraction of sp³-hybridized carbons (Fsp3) is 0.360. The van der Waals surface area contributed by atoms with Gasteiger partial charge >= 0.3 is 0 Å². The number of rotatable bonds is 7. The van der Waals surface area contributed by atoms with Crippen LogP contribution in [0.1, 0.15) is 48.7 Å². The molecule has 0 radical (unpaired) electrons. The third-order valence-electron chi connectivity index (χ3n) is 5.41. The second kappa shape index (κ2) is 9.33. The number of aryl methyl sites for hydroxylation is 1. The van der Waals surface area contributed by atoms with Crippen molar-refractivity contribution >= 4 is 39.9 Å². The topological polar surface area (TPSA) is 63.2 Å². The van der Waals surface area contributed by atoms with Crippen LogP contribution >= 0.6 is 11.6 Å². The van der Waals surface area contributed by atoms with E-state index in [-0.39, 0.29) is 35.6 Å². The van der Waals surface area contributed by atoms with Gasteiger partial charge < -0.3 is 4.90 Å². The van der Waals surface area contributed by atoms with Crippen LogP contribution in [0, 0.1) is 11.2 Å². The lowest BCUT2D eigenvalue weighted by Crippen LogP contribution is -2.20. The summed E-state index contributed by atoms with van der Waals surface area (Å²) in [6.07, 6.45) is 1.81. The van der Waals surface area contributed by atoms with Crippen molar-refractivity contribution in [2.24, 2.45) is 5.41 Å². The quantitative estimate of drug-likeness (QED) is 0.442. The Balaban J connectivity index is 1.92. The maximum atomic E-state index is 15.3. The molecule has 0 aliphatic rings. The molecule has 0 fully saturated rings. The molecule has 0 bridgehead atoms. The highest BCUT2D eigenvalue weighted by molar-refractivity contribution is 6.34. The number of nitrogens with zero attached hydrogens (tertiary/aromatic N) is 3. The van der Waals surface area contributed by atoms with Crippen LogP contribution in [-0.2, 0) is 17.6 Å². The zero-order valence-corrected chi connectivity index (χ0v) is 19.8. The molecule has 7 heteroatoms. The van der Waals surface area contributed by atoms with Gasteiger partial charge in [-0.05, 0) is 29.7 Å². The van der Waals surface area contributed by atoms with E-state index in [0.29, 0.717) is 16.6 Å². The van der Waals surface area contributed by atoms with Gasteiger partial charge in [0.15, 0.2) is 5.78 Å². The first-order valence-corrected chi connectivity index (χ1v) is 10.8. The number of anilines is 1. The number of ketones is 2. The minimum Gasteiger partial charge on any atom is -0.362 e. The van der Waals surface area contributed by atoms with Crippen LogP contribution in [0.2, 0.25) is 5.02 Å². The van der Waals surface area contributed by atoms with E-state index in [9.17, 15) is 9.59 Å². The summed E-state index contributed by atoms with van der Waals surface area (Å²) >= 11 is 6.22. The Morgan fingerprint density at radius 2 is 1.78 bits per heavy atom. The number of carbonyl (C=O) groups excluding carboxylic acids is 2. The lowest BCUT2D eigenvalue weighted by Gasteiger charge is -2.17. The molecule has 0 aliphatic heterocycles. The summed E-state index contributed by atoms with van der Waals surface area (Å²) in [6.45, 7) is 5.49. The SMILES string of the molecule is CN(C)c1ncnc2c(CC(=O)c3c(Cl)ccc(CCC(=O)C(C)(C)C)c3F)cccc12. The minimum absolute atomic E-state index is 0.0341. The van der Waals surface area contributed by atoms with Crippen LogP contribution in [0.4, 0.5) is 10.2 Å². The molecule has 0 spiro atoms. The molecule has 0 aliphatic carbocycles. The van der Waals surface area contributed by atoms with Gasteiger partial charge in [0.2, 0.25) is 0 Å². The molecule has 1 heterocycles. The highest BCUT2D eigenvalue weighted by Crippen LogP contribution is 2.29. The van der Waals surface area contributed by atoms with Gasteiger partial charge in [-0.1, -0.05) is 50.6 Å². The number of Topliss-reactive ketones (excluding diaryl/α,β-unsaturated/α-hetero) is 2. The fourth-order valence-corrected chi connectivity index (χ4v) is 3.81.